The molecule has 0 bridgehead atoms. The molecule has 78 valence electrons. The van der Waals surface area contributed by atoms with Crippen molar-refractivity contribution in [3.63, 3.8) is 0 Å². The van der Waals surface area contributed by atoms with Crippen LogP contribution in [0, 0.1) is 0 Å². The van der Waals surface area contributed by atoms with Gasteiger partial charge in [0.1, 0.15) is 12.7 Å². The average molecular weight is 205 g/mol. The molecule has 4 nitrogen and oxygen atoms in total. The third kappa shape index (κ3) is 1.25. The lowest BCUT2D eigenvalue weighted by atomic mass is 10.2. The van der Waals surface area contributed by atoms with E-state index in [0.717, 1.165) is 28.9 Å². The first-order valence-electron chi connectivity index (χ1n) is 5.05. The number of hydrogen-bond acceptors (Lipinski definition) is 4. The van der Waals surface area contributed by atoms with Crippen LogP contribution in [0.4, 0.5) is 0 Å². The van der Waals surface area contributed by atoms with Gasteiger partial charge in [0.2, 0.25) is 0 Å². The van der Waals surface area contributed by atoms with Crippen LogP contribution in [0.3, 0.4) is 0 Å². The fraction of sp³-hybridized carbons (Fsp3) is 0.364. The summed E-state index contributed by atoms with van der Waals surface area (Å²) in [7, 11) is 0. The second kappa shape index (κ2) is 3.15. The molecule has 1 unspecified atom stereocenters. The van der Waals surface area contributed by atoms with Crippen molar-refractivity contribution in [1.82, 2.24) is 5.16 Å². The van der Waals surface area contributed by atoms with Gasteiger partial charge in [-0.2, -0.15) is 0 Å². The van der Waals surface area contributed by atoms with E-state index in [2.05, 4.69) is 12.1 Å². The summed E-state index contributed by atoms with van der Waals surface area (Å²) in [6.45, 7) is 2.69. The molecular weight excluding hydrogens is 194 g/mol. The highest BCUT2D eigenvalue weighted by atomic mass is 16.6. The largest absolute Gasteiger partial charge is 0.486 e. The molecule has 1 aromatic carbocycles. The zero-order valence-corrected chi connectivity index (χ0v) is 8.40. The quantitative estimate of drug-likeness (QED) is 0.717. The molecule has 15 heavy (non-hydrogen) atoms. The number of benzene rings is 1. The highest BCUT2D eigenvalue weighted by Gasteiger charge is 2.22. The molecule has 0 fully saturated rings. The van der Waals surface area contributed by atoms with E-state index in [9.17, 15) is 0 Å². The van der Waals surface area contributed by atoms with Crippen LogP contribution in [-0.4, -0.2) is 17.9 Å². The molecule has 3 rings (SSSR count). The molecule has 0 spiro atoms. The molecule has 0 amide bonds. The minimum absolute atomic E-state index is 0.123. The highest BCUT2D eigenvalue weighted by Crippen LogP contribution is 2.38. The summed E-state index contributed by atoms with van der Waals surface area (Å²) in [5.41, 5.74) is 0.731. The summed E-state index contributed by atoms with van der Waals surface area (Å²) in [5.74, 6) is 1.53. The summed E-state index contributed by atoms with van der Waals surface area (Å²) in [6.07, 6.45) is 2.72. The fourth-order valence-electron chi connectivity index (χ4n) is 1.72. The van der Waals surface area contributed by atoms with E-state index in [1.165, 1.54) is 0 Å². The lowest BCUT2D eigenvalue weighted by Gasteiger charge is -2.25. The first kappa shape index (κ1) is 8.59. The van der Waals surface area contributed by atoms with Gasteiger partial charge in [0, 0.05) is 0 Å². The Kier molecular flexibility index (Phi) is 1.80. The van der Waals surface area contributed by atoms with E-state index in [0.29, 0.717) is 6.61 Å². The maximum absolute atomic E-state index is 5.83. The zero-order valence-electron chi connectivity index (χ0n) is 8.40. The van der Waals surface area contributed by atoms with Gasteiger partial charge in [-0.15, -0.1) is 0 Å². The van der Waals surface area contributed by atoms with Crippen molar-refractivity contribution in [1.29, 1.82) is 0 Å². The van der Waals surface area contributed by atoms with E-state index < -0.39 is 0 Å². The zero-order chi connectivity index (χ0) is 10.3. The number of ether oxygens (including phenoxy) is 2. The maximum Gasteiger partial charge on any atom is 0.174 e. The van der Waals surface area contributed by atoms with Crippen molar-refractivity contribution in [2.75, 3.05) is 6.61 Å². The monoisotopic (exact) mass is 205 g/mol. The third-order valence-electron chi connectivity index (χ3n) is 2.62. The van der Waals surface area contributed by atoms with E-state index in [1.54, 1.807) is 6.20 Å². The van der Waals surface area contributed by atoms with Crippen molar-refractivity contribution in [3.8, 4) is 11.5 Å². The van der Waals surface area contributed by atoms with E-state index in [1.807, 2.05) is 12.1 Å². The van der Waals surface area contributed by atoms with Gasteiger partial charge in [-0.3, -0.25) is 0 Å². The minimum atomic E-state index is 0.123. The van der Waals surface area contributed by atoms with Crippen molar-refractivity contribution in [2.45, 2.75) is 19.4 Å². The Morgan fingerprint density at radius 2 is 2.40 bits per heavy atom. The minimum Gasteiger partial charge on any atom is -0.486 e. The summed E-state index contributed by atoms with van der Waals surface area (Å²) < 4.78 is 16.5. The van der Waals surface area contributed by atoms with Crippen molar-refractivity contribution >= 4 is 11.0 Å². The second-order valence-corrected chi connectivity index (χ2v) is 3.59. The predicted molar refractivity (Wildman–Crippen MR) is 54.2 cm³/mol. The molecule has 0 radical (unpaired) electrons. The highest BCUT2D eigenvalue weighted by molar-refractivity contribution is 5.86. The Hall–Kier alpha value is -1.71. The number of aromatic nitrogens is 1. The Labute approximate surface area is 86.8 Å². The molecule has 1 atom stereocenters. The number of hydrogen-bond donors (Lipinski definition) is 0. The van der Waals surface area contributed by atoms with Crippen LogP contribution in [0.15, 0.2) is 22.9 Å². The predicted octanol–water partition coefficient (Wildman–Crippen LogP) is 2.38. The van der Waals surface area contributed by atoms with Crippen LogP contribution in [0.25, 0.3) is 11.0 Å². The van der Waals surface area contributed by atoms with Crippen LogP contribution in [0.5, 0.6) is 11.5 Å². The van der Waals surface area contributed by atoms with Gasteiger partial charge in [0.15, 0.2) is 17.1 Å². The van der Waals surface area contributed by atoms with Crippen LogP contribution < -0.4 is 9.47 Å². The normalized spacial score (nSPS) is 19.4. The molecule has 2 aromatic rings. The SMILES string of the molecule is CCC1COc2ccc3oncc3c2O1. The van der Waals surface area contributed by atoms with E-state index >= 15 is 0 Å². The van der Waals surface area contributed by atoms with Crippen molar-refractivity contribution in [2.24, 2.45) is 0 Å². The average Bonchev–Trinajstić information content (AvgIpc) is 2.76. The van der Waals surface area contributed by atoms with Gasteiger partial charge in [0.25, 0.3) is 0 Å². The number of rotatable bonds is 1. The summed E-state index contributed by atoms with van der Waals surface area (Å²) in [4.78, 5) is 0. The molecule has 0 saturated carbocycles. The van der Waals surface area contributed by atoms with Gasteiger partial charge < -0.3 is 14.0 Å². The van der Waals surface area contributed by atoms with E-state index in [-0.39, 0.29) is 6.10 Å². The van der Waals surface area contributed by atoms with E-state index in [4.69, 9.17) is 14.0 Å². The Morgan fingerprint density at radius 3 is 3.27 bits per heavy atom. The Morgan fingerprint density at radius 1 is 1.47 bits per heavy atom. The lowest BCUT2D eigenvalue weighted by Crippen LogP contribution is -2.28. The number of nitrogens with zero attached hydrogens (tertiary/aromatic N) is 1. The lowest BCUT2D eigenvalue weighted by molar-refractivity contribution is 0.0905. The third-order valence-corrected chi connectivity index (χ3v) is 2.62. The number of fused-ring (bicyclic) bond motifs is 3. The molecule has 1 aliphatic rings. The molecule has 1 aromatic heterocycles. The van der Waals surface area contributed by atoms with Crippen LogP contribution in [-0.2, 0) is 0 Å². The first-order chi connectivity index (χ1) is 7.38. The molecule has 0 aliphatic carbocycles. The van der Waals surface area contributed by atoms with Crippen LogP contribution in [0.2, 0.25) is 0 Å². The summed E-state index contributed by atoms with van der Waals surface area (Å²) >= 11 is 0. The molecule has 1 aliphatic heterocycles. The molecule has 2 heterocycles. The van der Waals surface area contributed by atoms with Gasteiger partial charge in [0.05, 0.1) is 11.6 Å². The smallest absolute Gasteiger partial charge is 0.174 e. The molecule has 0 N–H and O–H groups in total. The van der Waals surface area contributed by atoms with Crippen LogP contribution >= 0.6 is 0 Å². The van der Waals surface area contributed by atoms with Crippen molar-refractivity contribution < 1.29 is 14.0 Å². The maximum atomic E-state index is 5.83. The molecule has 0 saturated heterocycles. The van der Waals surface area contributed by atoms with Gasteiger partial charge in [-0.1, -0.05) is 12.1 Å². The van der Waals surface area contributed by atoms with Crippen LogP contribution in [0.1, 0.15) is 13.3 Å². The topological polar surface area (TPSA) is 44.5 Å². The molecule has 4 heteroatoms. The summed E-state index contributed by atoms with van der Waals surface area (Å²) in [5, 5.41) is 4.63. The summed E-state index contributed by atoms with van der Waals surface area (Å²) in [6, 6.07) is 3.70. The first-order valence-corrected chi connectivity index (χ1v) is 5.05. The molecular formula is C11H11NO3. The second-order valence-electron chi connectivity index (χ2n) is 3.59. The van der Waals surface area contributed by atoms with Gasteiger partial charge in [-0.25, -0.2) is 0 Å². The Bertz CT molecular complexity index is 492. The fourth-order valence-corrected chi connectivity index (χ4v) is 1.72. The van der Waals surface area contributed by atoms with Crippen molar-refractivity contribution in [3.05, 3.63) is 18.3 Å². The van der Waals surface area contributed by atoms with Gasteiger partial charge in [-0.05, 0) is 18.6 Å². The van der Waals surface area contributed by atoms with Gasteiger partial charge >= 0.3 is 0 Å². The Balaban J connectivity index is 2.15. The standard InChI is InChI=1S/C11H11NO3/c1-2-7-6-13-10-4-3-9-8(5-12-15-9)11(10)14-7/h3-5,7H,2,6H2,1H3.